The first-order valence-corrected chi connectivity index (χ1v) is 9.64. The van der Waals surface area contributed by atoms with Gasteiger partial charge in [-0.15, -0.1) is 11.3 Å². The smallest absolute Gasteiger partial charge is 0.227 e. The molecule has 0 aliphatic rings. The number of benzene rings is 2. The van der Waals surface area contributed by atoms with Crippen LogP contribution in [0, 0.1) is 0 Å². The highest BCUT2D eigenvalue weighted by molar-refractivity contribution is 7.18. The number of nitrogens with one attached hydrogen (secondary N) is 1. The van der Waals surface area contributed by atoms with E-state index in [0.29, 0.717) is 18.5 Å². The van der Waals surface area contributed by atoms with Gasteiger partial charge in [-0.2, -0.15) is 0 Å². The van der Waals surface area contributed by atoms with Crippen LogP contribution in [0.25, 0.3) is 21.3 Å². The van der Waals surface area contributed by atoms with Crippen molar-refractivity contribution in [2.24, 2.45) is 0 Å². The third-order valence-electron chi connectivity index (χ3n) is 4.31. The summed E-state index contributed by atoms with van der Waals surface area (Å²) >= 11 is 1.53. The molecule has 5 nitrogen and oxygen atoms in total. The molecule has 138 valence electrons. The summed E-state index contributed by atoms with van der Waals surface area (Å²) in [5.41, 5.74) is 4.38. The number of carbonyl (C=O) groups is 2. The minimum absolute atomic E-state index is 0.105. The number of rotatable bonds is 6. The molecule has 0 aliphatic carbocycles. The van der Waals surface area contributed by atoms with Crippen molar-refractivity contribution in [2.45, 2.75) is 13.0 Å². The van der Waals surface area contributed by atoms with Gasteiger partial charge in [0.15, 0.2) is 6.29 Å². The van der Waals surface area contributed by atoms with Crippen molar-refractivity contribution >= 4 is 33.7 Å². The summed E-state index contributed by atoms with van der Waals surface area (Å²) in [4.78, 5) is 31.5. The Morgan fingerprint density at radius 2 is 1.89 bits per heavy atom. The molecule has 0 radical (unpaired) electrons. The average molecular weight is 387 g/mol. The van der Waals surface area contributed by atoms with Crippen LogP contribution >= 0.6 is 11.3 Å². The van der Waals surface area contributed by atoms with E-state index in [4.69, 9.17) is 0 Å². The molecule has 4 rings (SSSR count). The molecule has 28 heavy (non-hydrogen) atoms. The molecule has 0 spiro atoms. The monoisotopic (exact) mass is 387 g/mol. The number of aromatic nitrogens is 2. The average Bonchev–Trinajstić information content (AvgIpc) is 3.14. The molecule has 0 aliphatic heterocycles. The van der Waals surface area contributed by atoms with Gasteiger partial charge >= 0.3 is 0 Å². The van der Waals surface area contributed by atoms with Crippen molar-refractivity contribution in [3.63, 3.8) is 0 Å². The number of aldehydes is 1. The Labute approximate surface area is 166 Å². The van der Waals surface area contributed by atoms with E-state index in [1.54, 1.807) is 18.3 Å². The molecule has 1 amide bonds. The maximum absolute atomic E-state index is 12.3. The van der Waals surface area contributed by atoms with Crippen molar-refractivity contribution in [3.05, 3.63) is 83.1 Å². The van der Waals surface area contributed by atoms with E-state index in [1.807, 2.05) is 24.3 Å². The number of carbonyl (C=O) groups excluding carboxylic acids is 2. The number of fused-ring (bicyclic) bond motifs is 1. The van der Waals surface area contributed by atoms with Gasteiger partial charge in [0.2, 0.25) is 5.91 Å². The zero-order valence-electron chi connectivity index (χ0n) is 15.0. The summed E-state index contributed by atoms with van der Waals surface area (Å²) in [6, 6.07) is 19.8. The SMILES string of the molecule is O=Cc1cc(CNC(=O)Cc2nc3ccc(-c4ccccc4)cc3s2)ccn1. The molecule has 0 saturated carbocycles. The van der Waals surface area contributed by atoms with Gasteiger partial charge in [-0.25, -0.2) is 4.98 Å². The topological polar surface area (TPSA) is 72.0 Å². The van der Waals surface area contributed by atoms with Gasteiger partial charge in [-0.05, 0) is 41.0 Å². The number of hydrogen-bond acceptors (Lipinski definition) is 5. The van der Waals surface area contributed by atoms with E-state index in [9.17, 15) is 9.59 Å². The van der Waals surface area contributed by atoms with Crippen molar-refractivity contribution in [1.29, 1.82) is 0 Å². The molecule has 0 atom stereocenters. The van der Waals surface area contributed by atoms with Crippen LogP contribution in [0.1, 0.15) is 21.1 Å². The highest BCUT2D eigenvalue weighted by Gasteiger charge is 2.10. The maximum Gasteiger partial charge on any atom is 0.227 e. The van der Waals surface area contributed by atoms with E-state index in [0.717, 1.165) is 31.9 Å². The molecule has 1 N–H and O–H groups in total. The van der Waals surface area contributed by atoms with Gasteiger partial charge in [0.1, 0.15) is 10.7 Å². The molecule has 0 bridgehead atoms. The second-order valence-corrected chi connectivity index (χ2v) is 7.43. The first kappa shape index (κ1) is 18.0. The van der Waals surface area contributed by atoms with E-state index in [2.05, 4.69) is 39.6 Å². The molecule has 0 unspecified atom stereocenters. The molecule has 0 fully saturated rings. The zero-order valence-corrected chi connectivity index (χ0v) is 15.8. The molecule has 4 aromatic rings. The number of nitrogens with zero attached hydrogens (tertiary/aromatic N) is 2. The summed E-state index contributed by atoms with van der Waals surface area (Å²) in [5, 5.41) is 3.64. The van der Waals surface area contributed by atoms with Crippen LogP contribution in [0.3, 0.4) is 0 Å². The van der Waals surface area contributed by atoms with Crippen molar-refractivity contribution in [2.75, 3.05) is 0 Å². The van der Waals surface area contributed by atoms with Gasteiger partial charge in [0, 0.05) is 12.7 Å². The normalized spacial score (nSPS) is 10.7. The predicted molar refractivity (Wildman–Crippen MR) is 110 cm³/mol. The summed E-state index contributed by atoms with van der Waals surface area (Å²) in [7, 11) is 0. The van der Waals surface area contributed by atoms with Gasteiger partial charge in [0.25, 0.3) is 0 Å². The minimum atomic E-state index is -0.105. The standard InChI is InChI=1S/C22H17N3O2S/c26-14-18-10-15(8-9-23-18)13-24-21(27)12-22-25-19-7-6-17(11-20(19)28-22)16-4-2-1-3-5-16/h1-11,14H,12-13H2,(H,24,27). The molecule has 2 aromatic carbocycles. The molecular weight excluding hydrogens is 370 g/mol. The molecule has 0 saturated heterocycles. The molecule has 6 heteroatoms. The van der Waals surface area contributed by atoms with Crippen molar-refractivity contribution in [3.8, 4) is 11.1 Å². The van der Waals surface area contributed by atoms with E-state index < -0.39 is 0 Å². The van der Waals surface area contributed by atoms with Crippen LogP contribution in [0.5, 0.6) is 0 Å². The second kappa shape index (κ2) is 8.10. The second-order valence-electron chi connectivity index (χ2n) is 6.32. The number of hydrogen-bond donors (Lipinski definition) is 1. The third-order valence-corrected chi connectivity index (χ3v) is 5.33. The van der Waals surface area contributed by atoms with E-state index in [-0.39, 0.29) is 12.3 Å². The van der Waals surface area contributed by atoms with Crippen LogP contribution in [0.2, 0.25) is 0 Å². The molecular formula is C22H17N3O2S. The molecule has 2 aromatic heterocycles. The number of amides is 1. The van der Waals surface area contributed by atoms with Crippen LogP contribution in [0.4, 0.5) is 0 Å². The maximum atomic E-state index is 12.3. The largest absolute Gasteiger partial charge is 0.352 e. The van der Waals surface area contributed by atoms with Crippen LogP contribution in [0.15, 0.2) is 66.9 Å². The van der Waals surface area contributed by atoms with Crippen molar-refractivity contribution in [1.82, 2.24) is 15.3 Å². The van der Waals surface area contributed by atoms with E-state index in [1.165, 1.54) is 11.3 Å². The summed E-state index contributed by atoms with van der Waals surface area (Å²) in [6.45, 7) is 0.352. The van der Waals surface area contributed by atoms with Crippen LogP contribution < -0.4 is 5.32 Å². The number of pyridine rings is 1. The fraction of sp³-hybridized carbons (Fsp3) is 0.0909. The summed E-state index contributed by atoms with van der Waals surface area (Å²) < 4.78 is 1.06. The third kappa shape index (κ3) is 4.13. The van der Waals surface area contributed by atoms with Crippen LogP contribution in [-0.4, -0.2) is 22.2 Å². The minimum Gasteiger partial charge on any atom is -0.352 e. The Morgan fingerprint density at radius 1 is 1.04 bits per heavy atom. The fourth-order valence-corrected chi connectivity index (χ4v) is 3.93. The fourth-order valence-electron chi connectivity index (χ4n) is 2.93. The number of thiazole rings is 1. The lowest BCUT2D eigenvalue weighted by molar-refractivity contribution is -0.120. The lowest BCUT2D eigenvalue weighted by atomic mass is 10.1. The van der Waals surface area contributed by atoms with Crippen molar-refractivity contribution < 1.29 is 9.59 Å². The Hall–Kier alpha value is -3.38. The van der Waals surface area contributed by atoms with Gasteiger partial charge in [-0.3, -0.25) is 14.6 Å². The lowest BCUT2D eigenvalue weighted by Crippen LogP contribution is -2.24. The summed E-state index contributed by atoms with van der Waals surface area (Å²) in [5.74, 6) is -0.105. The Balaban J connectivity index is 1.44. The van der Waals surface area contributed by atoms with Gasteiger partial charge in [0.05, 0.1) is 16.6 Å². The summed E-state index contributed by atoms with van der Waals surface area (Å²) in [6.07, 6.45) is 2.48. The predicted octanol–water partition coefficient (Wildman–Crippen LogP) is 4.03. The Kier molecular flexibility index (Phi) is 5.21. The Bertz CT molecular complexity index is 1140. The van der Waals surface area contributed by atoms with Crippen LogP contribution in [-0.2, 0) is 17.8 Å². The molecule has 2 heterocycles. The lowest BCUT2D eigenvalue weighted by Gasteiger charge is -2.04. The first-order valence-electron chi connectivity index (χ1n) is 8.83. The highest BCUT2D eigenvalue weighted by atomic mass is 32.1. The quantitative estimate of drug-likeness (QED) is 0.507. The van der Waals surface area contributed by atoms with Gasteiger partial charge < -0.3 is 5.32 Å². The Morgan fingerprint density at radius 3 is 2.71 bits per heavy atom. The first-order chi connectivity index (χ1) is 13.7. The zero-order chi connectivity index (χ0) is 19.3. The highest BCUT2D eigenvalue weighted by Crippen LogP contribution is 2.28. The van der Waals surface area contributed by atoms with E-state index >= 15 is 0 Å². The van der Waals surface area contributed by atoms with Gasteiger partial charge in [-0.1, -0.05) is 36.4 Å².